The number of hydrogen-bond acceptors (Lipinski definition) is 4. The summed E-state index contributed by atoms with van der Waals surface area (Å²) in [4.78, 5) is 15.0. The summed E-state index contributed by atoms with van der Waals surface area (Å²) in [5.74, 6) is 0.995. The quantitative estimate of drug-likeness (QED) is 0.806. The third-order valence-corrected chi connectivity index (χ3v) is 4.21. The normalized spacial score (nSPS) is 22.3. The lowest BCUT2D eigenvalue weighted by atomic mass is 10.1. The molecule has 1 atom stereocenters. The van der Waals surface area contributed by atoms with Gasteiger partial charge in [0.05, 0.1) is 24.7 Å². The molecule has 1 aliphatic heterocycles. The van der Waals surface area contributed by atoms with Gasteiger partial charge in [0.25, 0.3) is 5.91 Å². The lowest BCUT2D eigenvalue weighted by molar-refractivity contribution is -0.117. The summed E-state index contributed by atoms with van der Waals surface area (Å²) in [6.07, 6.45) is -0.125. The topological polar surface area (TPSA) is 38.8 Å². The summed E-state index contributed by atoms with van der Waals surface area (Å²) in [5, 5.41) is 1.86. The van der Waals surface area contributed by atoms with Crippen molar-refractivity contribution in [3.63, 3.8) is 0 Å². The molecule has 2 heterocycles. The zero-order chi connectivity index (χ0) is 14.0. The number of alkyl halides is 1. The highest BCUT2D eigenvalue weighted by molar-refractivity contribution is 7.12. The van der Waals surface area contributed by atoms with Crippen molar-refractivity contribution in [3.05, 3.63) is 16.3 Å². The molecular weight excluding hydrogens is 286 g/mol. The molecule has 1 fully saturated rings. The van der Waals surface area contributed by atoms with Crippen LogP contribution in [-0.2, 0) is 4.74 Å². The molecule has 106 valence electrons. The molecule has 1 aliphatic rings. The van der Waals surface area contributed by atoms with Crippen molar-refractivity contribution in [1.29, 1.82) is 0 Å². The number of rotatable bonds is 3. The average molecular weight is 304 g/mol. The molecule has 1 aromatic heterocycles. The Morgan fingerprint density at radius 1 is 1.68 bits per heavy atom. The zero-order valence-electron chi connectivity index (χ0n) is 11.3. The molecule has 0 saturated carbocycles. The van der Waals surface area contributed by atoms with Crippen LogP contribution < -0.4 is 4.74 Å². The van der Waals surface area contributed by atoms with E-state index in [1.165, 1.54) is 11.3 Å². The van der Waals surface area contributed by atoms with Gasteiger partial charge in [-0.1, -0.05) is 0 Å². The van der Waals surface area contributed by atoms with Crippen LogP contribution in [-0.4, -0.2) is 48.6 Å². The molecule has 0 aliphatic carbocycles. The highest BCUT2D eigenvalue weighted by Crippen LogP contribution is 2.29. The van der Waals surface area contributed by atoms with Gasteiger partial charge in [0.1, 0.15) is 10.6 Å². The molecule has 6 heteroatoms. The Balaban J connectivity index is 2.18. The number of halogens is 1. The Bertz CT molecular complexity index is 460. The molecular formula is C13H18ClNO3S. The van der Waals surface area contributed by atoms with Crippen molar-refractivity contribution in [1.82, 2.24) is 4.90 Å². The number of morpholine rings is 1. The van der Waals surface area contributed by atoms with Gasteiger partial charge < -0.3 is 14.4 Å². The van der Waals surface area contributed by atoms with Crippen LogP contribution in [0.3, 0.4) is 0 Å². The molecule has 0 radical (unpaired) electrons. The number of amides is 1. The van der Waals surface area contributed by atoms with Gasteiger partial charge in [-0.05, 0) is 25.3 Å². The first kappa shape index (κ1) is 14.6. The van der Waals surface area contributed by atoms with E-state index in [0.29, 0.717) is 29.6 Å². The van der Waals surface area contributed by atoms with Crippen LogP contribution >= 0.6 is 22.9 Å². The number of methoxy groups -OCH3 is 1. The second-order valence-corrected chi connectivity index (χ2v) is 6.38. The first-order chi connectivity index (χ1) is 8.96. The number of carbonyl (C=O) groups is 1. The fourth-order valence-electron chi connectivity index (χ4n) is 2.29. The highest BCUT2D eigenvalue weighted by atomic mass is 35.5. The van der Waals surface area contributed by atoms with Crippen molar-refractivity contribution in [3.8, 4) is 5.75 Å². The fourth-order valence-corrected chi connectivity index (χ4v) is 3.27. The predicted molar refractivity (Wildman–Crippen MR) is 76.4 cm³/mol. The van der Waals surface area contributed by atoms with E-state index in [-0.39, 0.29) is 17.6 Å². The van der Waals surface area contributed by atoms with Gasteiger partial charge in [-0.25, -0.2) is 0 Å². The van der Waals surface area contributed by atoms with E-state index in [4.69, 9.17) is 21.1 Å². The number of ether oxygens (including phenoxy) is 2. The molecule has 4 nitrogen and oxygen atoms in total. The summed E-state index contributed by atoms with van der Waals surface area (Å²) < 4.78 is 11.0. The second-order valence-electron chi connectivity index (χ2n) is 5.16. The standard InChI is InChI=1S/C13H18ClNO3S/c1-13(2)8-15(7-9(6-14)18-13)12(16)11-10(17-3)4-5-19-11/h4-5,9H,6-8H2,1-3H3. The first-order valence-corrected chi connectivity index (χ1v) is 7.53. The van der Waals surface area contributed by atoms with E-state index in [1.54, 1.807) is 12.0 Å². The second kappa shape index (κ2) is 5.69. The summed E-state index contributed by atoms with van der Waals surface area (Å²) >= 11 is 7.27. The van der Waals surface area contributed by atoms with E-state index in [9.17, 15) is 4.79 Å². The van der Waals surface area contributed by atoms with E-state index in [0.717, 1.165) is 0 Å². The maximum Gasteiger partial charge on any atom is 0.267 e. The largest absolute Gasteiger partial charge is 0.495 e. The van der Waals surface area contributed by atoms with Gasteiger partial charge in [-0.3, -0.25) is 4.79 Å². The number of hydrogen-bond donors (Lipinski definition) is 0. The van der Waals surface area contributed by atoms with E-state index < -0.39 is 0 Å². The minimum atomic E-state index is -0.377. The van der Waals surface area contributed by atoms with Crippen molar-refractivity contribution >= 4 is 28.8 Å². The summed E-state index contributed by atoms with van der Waals surface area (Å²) in [5.41, 5.74) is -0.377. The number of nitrogens with zero attached hydrogens (tertiary/aromatic N) is 1. The Labute approximate surface area is 122 Å². The van der Waals surface area contributed by atoms with Crippen LogP contribution in [0.25, 0.3) is 0 Å². The third kappa shape index (κ3) is 3.22. The van der Waals surface area contributed by atoms with Gasteiger partial charge in [-0.15, -0.1) is 22.9 Å². The van der Waals surface area contributed by atoms with Gasteiger partial charge in [-0.2, -0.15) is 0 Å². The third-order valence-electron chi connectivity index (χ3n) is 2.98. The van der Waals surface area contributed by atoms with Crippen LogP contribution in [0.1, 0.15) is 23.5 Å². The van der Waals surface area contributed by atoms with Crippen molar-refractivity contribution in [2.75, 3.05) is 26.1 Å². The molecule has 1 saturated heterocycles. The molecule has 0 N–H and O–H groups in total. The SMILES string of the molecule is COc1ccsc1C(=O)N1CC(CCl)OC(C)(C)C1. The molecule has 0 spiro atoms. The van der Waals surface area contributed by atoms with Crippen molar-refractivity contribution < 1.29 is 14.3 Å². The molecule has 19 heavy (non-hydrogen) atoms. The smallest absolute Gasteiger partial charge is 0.267 e. The van der Waals surface area contributed by atoms with E-state index in [2.05, 4.69) is 0 Å². The Morgan fingerprint density at radius 2 is 2.42 bits per heavy atom. The van der Waals surface area contributed by atoms with Crippen molar-refractivity contribution in [2.24, 2.45) is 0 Å². The lowest BCUT2D eigenvalue weighted by Crippen LogP contribution is -2.55. The van der Waals surface area contributed by atoms with Gasteiger partial charge in [0.2, 0.25) is 0 Å². The highest BCUT2D eigenvalue weighted by Gasteiger charge is 2.36. The van der Waals surface area contributed by atoms with Crippen LogP contribution in [0.5, 0.6) is 5.75 Å². The maximum absolute atomic E-state index is 12.5. The van der Waals surface area contributed by atoms with Crippen LogP contribution in [0.15, 0.2) is 11.4 Å². The minimum absolute atomic E-state index is 0.0154. The maximum atomic E-state index is 12.5. The Hall–Kier alpha value is -0.780. The Kier molecular flexibility index (Phi) is 4.38. The molecule has 1 aromatic rings. The van der Waals surface area contributed by atoms with E-state index >= 15 is 0 Å². The average Bonchev–Trinajstić information content (AvgIpc) is 2.84. The zero-order valence-corrected chi connectivity index (χ0v) is 12.9. The van der Waals surface area contributed by atoms with Crippen LogP contribution in [0.4, 0.5) is 0 Å². The molecule has 0 aromatic carbocycles. The first-order valence-electron chi connectivity index (χ1n) is 6.11. The molecule has 1 amide bonds. The van der Waals surface area contributed by atoms with E-state index in [1.807, 2.05) is 25.3 Å². The van der Waals surface area contributed by atoms with Gasteiger partial charge in [0, 0.05) is 13.1 Å². The van der Waals surface area contributed by atoms with Crippen LogP contribution in [0.2, 0.25) is 0 Å². The predicted octanol–water partition coefficient (Wildman–Crippen LogP) is 2.62. The fraction of sp³-hybridized carbons (Fsp3) is 0.615. The molecule has 0 bridgehead atoms. The monoisotopic (exact) mass is 303 g/mol. The summed E-state index contributed by atoms with van der Waals surface area (Å²) in [6.45, 7) is 5.02. The summed E-state index contributed by atoms with van der Waals surface area (Å²) in [7, 11) is 1.57. The molecule has 2 rings (SSSR count). The van der Waals surface area contributed by atoms with Crippen molar-refractivity contribution in [2.45, 2.75) is 25.6 Å². The molecule has 1 unspecified atom stereocenters. The van der Waals surface area contributed by atoms with Gasteiger partial charge in [0.15, 0.2) is 0 Å². The Morgan fingerprint density at radius 3 is 3.05 bits per heavy atom. The lowest BCUT2D eigenvalue weighted by Gasteiger charge is -2.42. The number of carbonyl (C=O) groups excluding carboxylic acids is 1. The van der Waals surface area contributed by atoms with Crippen LogP contribution in [0, 0.1) is 0 Å². The summed E-state index contributed by atoms with van der Waals surface area (Å²) in [6, 6.07) is 1.81. The number of thiophene rings is 1. The van der Waals surface area contributed by atoms with Gasteiger partial charge >= 0.3 is 0 Å². The minimum Gasteiger partial charge on any atom is -0.495 e.